The molecule has 130 valence electrons. The van der Waals surface area contributed by atoms with Crippen molar-refractivity contribution >= 4 is 21.9 Å². The van der Waals surface area contributed by atoms with Crippen molar-refractivity contribution in [3.05, 3.63) is 34.3 Å². The third-order valence-corrected chi connectivity index (χ3v) is 3.66. The lowest BCUT2D eigenvalue weighted by molar-refractivity contribution is -0.142. The van der Waals surface area contributed by atoms with Gasteiger partial charge in [0, 0.05) is 38.2 Å². The number of hydrogen-bond donors (Lipinski definition) is 1. The Labute approximate surface area is 143 Å². The third kappa shape index (κ3) is 8.22. The van der Waals surface area contributed by atoms with Gasteiger partial charge in [-0.3, -0.25) is 9.89 Å². The summed E-state index contributed by atoms with van der Waals surface area (Å²) >= 11 is 3.39. The van der Waals surface area contributed by atoms with E-state index in [-0.39, 0.29) is 6.54 Å². The van der Waals surface area contributed by atoms with E-state index in [1.165, 1.54) is 11.9 Å². The molecule has 1 aromatic rings. The fraction of sp³-hybridized carbons (Fsp3) is 0.533. The average molecular weight is 395 g/mol. The van der Waals surface area contributed by atoms with Crippen molar-refractivity contribution in [2.45, 2.75) is 12.7 Å². The molecule has 0 bridgehead atoms. The van der Waals surface area contributed by atoms with Crippen LogP contribution in [0.4, 0.5) is 13.2 Å². The first kappa shape index (κ1) is 19.8. The molecule has 8 heteroatoms. The number of benzene rings is 1. The molecule has 1 N–H and O–H groups in total. The number of alkyl halides is 3. The van der Waals surface area contributed by atoms with Gasteiger partial charge in [0.15, 0.2) is 5.96 Å². The average Bonchev–Trinajstić information content (AvgIpc) is 2.44. The van der Waals surface area contributed by atoms with Gasteiger partial charge in [-0.25, -0.2) is 0 Å². The Morgan fingerprint density at radius 3 is 2.35 bits per heavy atom. The van der Waals surface area contributed by atoms with E-state index in [4.69, 9.17) is 0 Å². The van der Waals surface area contributed by atoms with Crippen molar-refractivity contribution in [3.63, 3.8) is 0 Å². The topological polar surface area (TPSA) is 30.9 Å². The lowest BCUT2D eigenvalue weighted by Crippen LogP contribution is -2.43. The number of hydrogen-bond acceptors (Lipinski definition) is 2. The first-order valence-electron chi connectivity index (χ1n) is 7.13. The van der Waals surface area contributed by atoms with E-state index in [1.54, 1.807) is 7.05 Å². The second-order valence-corrected chi connectivity index (χ2v) is 6.23. The van der Waals surface area contributed by atoms with Crippen molar-refractivity contribution in [1.82, 2.24) is 15.1 Å². The van der Waals surface area contributed by atoms with Crippen LogP contribution in [0.5, 0.6) is 0 Å². The predicted octanol–water partition coefficient (Wildman–Crippen LogP) is 2.95. The van der Waals surface area contributed by atoms with Crippen LogP contribution >= 0.6 is 15.9 Å². The lowest BCUT2D eigenvalue weighted by atomic mass is 10.2. The van der Waals surface area contributed by atoms with Gasteiger partial charge in [-0.05, 0) is 24.7 Å². The largest absolute Gasteiger partial charge is 0.401 e. The maximum atomic E-state index is 12.3. The molecule has 1 rings (SSSR count). The molecule has 1 aromatic carbocycles. The van der Waals surface area contributed by atoms with Gasteiger partial charge in [0.2, 0.25) is 0 Å². The minimum Gasteiger partial charge on any atom is -0.355 e. The Morgan fingerprint density at radius 2 is 1.83 bits per heavy atom. The summed E-state index contributed by atoms with van der Waals surface area (Å²) in [5.41, 5.74) is 1.12. The molecule has 0 unspecified atom stereocenters. The van der Waals surface area contributed by atoms with Crippen LogP contribution in [0.3, 0.4) is 0 Å². The number of aliphatic imine (C=N–C) groups is 1. The van der Waals surface area contributed by atoms with Gasteiger partial charge in [0.1, 0.15) is 0 Å². The molecule has 0 fully saturated rings. The van der Waals surface area contributed by atoms with Crippen LogP contribution in [0.25, 0.3) is 0 Å². The summed E-state index contributed by atoms with van der Waals surface area (Å²) in [5.74, 6) is 0.647. The monoisotopic (exact) mass is 394 g/mol. The predicted molar refractivity (Wildman–Crippen MR) is 90.5 cm³/mol. The van der Waals surface area contributed by atoms with Gasteiger partial charge < -0.3 is 10.2 Å². The summed E-state index contributed by atoms with van der Waals surface area (Å²) in [5, 5.41) is 3.08. The zero-order valence-corrected chi connectivity index (χ0v) is 15.1. The second-order valence-electron chi connectivity index (χ2n) is 5.31. The quantitative estimate of drug-likeness (QED) is 0.594. The number of halogens is 4. The maximum Gasteiger partial charge on any atom is 0.401 e. The van der Waals surface area contributed by atoms with E-state index in [1.807, 2.05) is 36.2 Å². The molecule has 0 amide bonds. The van der Waals surface area contributed by atoms with E-state index in [0.717, 1.165) is 10.0 Å². The molecule has 0 saturated heterocycles. The third-order valence-electron chi connectivity index (χ3n) is 3.13. The summed E-state index contributed by atoms with van der Waals surface area (Å²) in [6.07, 6.45) is -4.17. The fourth-order valence-electron chi connectivity index (χ4n) is 2.07. The van der Waals surface area contributed by atoms with E-state index < -0.39 is 12.7 Å². The van der Waals surface area contributed by atoms with Crippen LogP contribution in [0, 0.1) is 0 Å². The van der Waals surface area contributed by atoms with Gasteiger partial charge in [-0.2, -0.15) is 13.2 Å². The van der Waals surface area contributed by atoms with Crippen molar-refractivity contribution in [1.29, 1.82) is 0 Å². The van der Waals surface area contributed by atoms with Gasteiger partial charge in [-0.1, -0.05) is 28.1 Å². The molecule has 0 aliphatic heterocycles. The van der Waals surface area contributed by atoms with Gasteiger partial charge >= 0.3 is 6.18 Å². The zero-order chi connectivity index (χ0) is 17.5. The SMILES string of the molecule is CN=C(NCCN(C)CC(F)(F)F)N(C)Cc1ccc(Br)cc1. The van der Waals surface area contributed by atoms with Gasteiger partial charge in [0.25, 0.3) is 0 Å². The number of nitrogens with zero attached hydrogens (tertiary/aromatic N) is 3. The minimum absolute atomic E-state index is 0.282. The van der Waals surface area contributed by atoms with E-state index >= 15 is 0 Å². The molecule has 0 heterocycles. The van der Waals surface area contributed by atoms with Crippen molar-refractivity contribution in [3.8, 4) is 0 Å². The molecular formula is C15H22BrF3N4. The molecular weight excluding hydrogens is 373 g/mol. The lowest BCUT2D eigenvalue weighted by Gasteiger charge is -2.24. The first-order chi connectivity index (χ1) is 10.7. The Bertz CT molecular complexity index is 502. The van der Waals surface area contributed by atoms with E-state index in [0.29, 0.717) is 19.0 Å². The van der Waals surface area contributed by atoms with Crippen molar-refractivity contribution in [2.75, 3.05) is 40.8 Å². The summed E-state index contributed by atoms with van der Waals surface area (Å²) in [6, 6.07) is 7.94. The molecule has 0 aliphatic carbocycles. The molecule has 4 nitrogen and oxygen atoms in total. The second kappa shape index (κ2) is 9.12. The number of rotatable bonds is 6. The van der Waals surface area contributed by atoms with E-state index in [9.17, 15) is 13.2 Å². The van der Waals surface area contributed by atoms with Crippen LogP contribution in [0.1, 0.15) is 5.56 Å². The summed E-state index contributed by atoms with van der Waals surface area (Å²) < 4.78 is 37.8. The van der Waals surface area contributed by atoms with Crippen LogP contribution < -0.4 is 5.32 Å². The smallest absolute Gasteiger partial charge is 0.355 e. The Balaban J connectivity index is 2.43. The molecule has 0 atom stereocenters. The Kier molecular flexibility index (Phi) is 7.84. The summed E-state index contributed by atoms with van der Waals surface area (Å²) in [4.78, 5) is 7.31. The highest BCUT2D eigenvalue weighted by atomic mass is 79.9. The summed E-state index contributed by atoms with van der Waals surface area (Å²) in [7, 11) is 4.99. The molecule has 23 heavy (non-hydrogen) atoms. The number of likely N-dealkylation sites (N-methyl/N-ethyl adjacent to an activating group) is 1. The van der Waals surface area contributed by atoms with E-state index in [2.05, 4.69) is 26.2 Å². The molecule has 0 spiro atoms. The first-order valence-corrected chi connectivity index (χ1v) is 7.92. The maximum absolute atomic E-state index is 12.3. The van der Waals surface area contributed by atoms with Gasteiger partial charge in [-0.15, -0.1) is 0 Å². The number of guanidine groups is 1. The van der Waals surface area contributed by atoms with Crippen molar-refractivity contribution in [2.24, 2.45) is 4.99 Å². The zero-order valence-electron chi connectivity index (χ0n) is 13.5. The normalized spacial score (nSPS) is 12.6. The molecule has 0 radical (unpaired) electrons. The van der Waals surface area contributed by atoms with Crippen LogP contribution in [-0.4, -0.2) is 62.7 Å². The van der Waals surface area contributed by atoms with Crippen LogP contribution in [-0.2, 0) is 6.54 Å². The highest BCUT2D eigenvalue weighted by Crippen LogP contribution is 2.15. The number of nitrogens with one attached hydrogen (secondary N) is 1. The molecule has 0 aliphatic rings. The summed E-state index contributed by atoms with van der Waals surface area (Å²) in [6.45, 7) is 0.419. The Hall–Kier alpha value is -1.28. The van der Waals surface area contributed by atoms with Crippen molar-refractivity contribution < 1.29 is 13.2 Å². The Morgan fingerprint density at radius 1 is 1.22 bits per heavy atom. The molecule has 0 aromatic heterocycles. The fourth-order valence-corrected chi connectivity index (χ4v) is 2.33. The van der Waals surface area contributed by atoms with Gasteiger partial charge in [0.05, 0.1) is 6.54 Å². The van der Waals surface area contributed by atoms with Crippen LogP contribution in [0.15, 0.2) is 33.7 Å². The van der Waals surface area contributed by atoms with Crippen LogP contribution in [0.2, 0.25) is 0 Å². The highest BCUT2D eigenvalue weighted by Gasteiger charge is 2.28. The standard InChI is InChI=1S/C15H22BrF3N4/c1-20-14(21-8-9-22(2)11-15(17,18)19)23(3)10-12-4-6-13(16)7-5-12/h4-7H,8-11H2,1-3H3,(H,20,21). The minimum atomic E-state index is -4.17. The highest BCUT2D eigenvalue weighted by molar-refractivity contribution is 9.10. The molecule has 0 saturated carbocycles.